The lowest BCUT2D eigenvalue weighted by atomic mass is 9.81. The van der Waals surface area contributed by atoms with Crippen LogP contribution in [-0.2, 0) is 74.6 Å². The van der Waals surface area contributed by atoms with E-state index in [-0.39, 0.29) is 97.5 Å². The first-order valence-corrected chi connectivity index (χ1v) is 56.0. The van der Waals surface area contributed by atoms with Gasteiger partial charge in [-0.25, -0.2) is 50.6 Å². The standard InChI is InChI=1S/C31H41N3O8S.C30H37BrN2O6.C25H29BrN2O4.C21H25N3O4S.C5H10O.ClH/c1-30(2,3)41-28(36)33-15-14-25(20-8-11-23(12-9-20)32-43(7,38)39)22(17-33)19-40-24-13-10-21-18-34(27(35)26(21)16-24)29(37)42-31(4,5)6;1-29(2,3)38-27(35)32-14-13-24(19-7-10-22(31)11-8-19)21(16-32)18-37-23-12-9-20-17-33(26(34)25(20)15-23)28(36)39-30(4,5)6;1-25(2,3)32-24(30)28-11-10-21(16-4-7-19(26)8-5-16)18(14-28)15-31-20-9-6-17-13-27-23(29)22(17)12-20;1-29(26,27)24-17-5-2-14(3-6-17)19-8-9-22-11-16(19)13-28-18-7-4-15-12-23-21(25)20(15)10-18;1-5-3-2-4-6-5;/h8-13,16,22,25,32H,14-15,17-19H2,1-7H3;7-12,15,21,24H,13-14,16-18H2,1-6H3;4-9,12,18,21H,10-11,13-15H2,1-3H3,(H,27,29);2-7,10,16,19,22,24H,8-9,11-13H2,1H3,(H,23,25);5H,2-4H2,1H3;1H/t22-,25-;21-,24-;18-,21-;16-,19-;;/m0000../s1. The average molecular weight is 2260 g/mol. The molecule has 5 fully saturated rings. The van der Waals surface area contributed by atoms with Crippen molar-refractivity contribution in [2.24, 2.45) is 23.7 Å². The number of hydrogen-bond acceptors (Lipinski definition) is 24. The third kappa shape index (κ3) is 34.1. The second-order valence-corrected chi connectivity index (χ2v) is 49.5. The summed E-state index contributed by atoms with van der Waals surface area (Å²) in [6.07, 6.45) is 6.21. The molecule has 8 aromatic carbocycles. The van der Waals surface area contributed by atoms with Crippen molar-refractivity contribution in [2.45, 2.75) is 233 Å². The zero-order valence-electron chi connectivity index (χ0n) is 88.7. The van der Waals surface area contributed by atoms with Gasteiger partial charge in [0, 0.05) is 132 Å². The van der Waals surface area contributed by atoms with Crippen LogP contribution in [0.25, 0.3) is 0 Å². The van der Waals surface area contributed by atoms with Crippen molar-refractivity contribution in [3.8, 4) is 23.0 Å². The summed E-state index contributed by atoms with van der Waals surface area (Å²) in [7, 11) is -6.68. The Morgan fingerprint density at radius 3 is 0.973 bits per heavy atom. The Labute approximate surface area is 904 Å². The number of benzene rings is 8. The van der Waals surface area contributed by atoms with E-state index < -0.39 is 78.1 Å². The van der Waals surface area contributed by atoms with Gasteiger partial charge in [0.2, 0.25) is 20.0 Å². The van der Waals surface area contributed by atoms with Crippen LogP contribution in [0.2, 0.25) is 0 Å². The third-order valence-corrected chi connectivity index (χ3v) is 28.5. The molecule has 8 aromatic rings. The molecule has 812 valence electrons. The van der Waals surface area contributed by atoms with Gasteiger partial charge in [0.1, 0.15) is 51.0 Å². The number of carbonyl (C=O) groups excluding carboxylic acids is 9. The van der Waals surface area contributed by atoms with Crippen molar-refractivity contribution >= 4 is 130 Å². The van der Waals surface area contributed by atoms with Crippen LogP contribution in [0, 0.1) is 23.7 Å². The molecule has 9 atom stereocenters. The molecule has 33 nitrogen and oxygen atoms in total. The Balaban J connectivity index is 0.000000175. The Hall–Kier alpha value is -11.7. The lowest BCUT2D eigenvalue weighted by molar-refractivity contribution is 0.0101. The van der Waals surface area contributed by atoms with Crippen molar-refractivity contribution in [1.82, 2.24) is 40.4 Å². The van der Waals surface area contributed by atoms with Crippen LogP contribution in [-0.4, -0.2) is 227 Å². The number of anilines is 2. The van der Waals surface area contributed by atoms with E-state index in [2.05, 4.69) is 88.4 Å². The number of hydrogen-bond donors (Lipinski definition) is 5. The molecule has 5 N–H and O–H groups in total. The summed E-state index contributed by atoms with van der Waals surface area (Å²) >= 11 is 7.01. The highest BCUT2D eigenvalue weighted by Crippen LogP contribution is 2.42. The molecule has 0 saturated carbocycles. The predicted molar refractivity (Wildman–Crippen MR) is 582 cm³/mol. The van der Waals surface area contributed by atoms with Gasteiger partial charge in [-0.3, -0.25) is 28.6 Å². The minimum Gasteiger partial charge on any atom is -0.493 e. The minimum atomic E-state index is -3.40. The van der Waals surface area contributed by atoms with Gasteiger partial charge in [0.05, 0.1) is 58.1 Å². The van der Waals surface area contributed by atoms with Crippen molar-refractivity contribution in [2.75, 3.05) is 107 Å². The molecule has 0 bridgehead atoms. The van der Waals surface area contributed by atoms with Crippen LogP contribution in [0.4, 0.5) is 35.3 Å². The smallest absolute Gasteiger partial charge is 0.417 e. The third-order valence-electron chi connectivity index (χ3n) is 26.2. The minimum absolute atomic E-state index is 0. The van der Waals surface area contributed by atoms with Crippen LogP contribution in [0.5, 0.6) is 23.0 Å². The molecule has 0 aromatic heterocycles. The molecular weight excluding hydrogens is 2110 g/mol. The Morgan fingerprint density at radius 2 is 0.680 bits per heavy atom. The number of piperidine rings is 4. The van der Waals surface area contributed by atoms with Gasteiger partial charge >= 0.3 is 30.5 Å². The maximum Gasteiger partial charge on any atom is 0.417 e. The Kier molecular flexibility index (Phi) is 39.1. The summed E-state index contributed by atoms with van der Waals surface area (Å²) in [6.45, 7) is 38.3. The molecule has 9 aliphatic heterocycles. The fourth-order valence-corrected chi connectivity index (χ4v) is 20.8. The van der Waals surface area contributed by atoms with E-state index >= 15 is 0 Å². The van der Waals surface area contributed by atoms with E-state index in [0.29, 0.717) is 153 Å². The van der Waals surface area contributed by atoms with Crippen molar-refractivity contribution in [1.29, 1.82) is 0 Å². The van der Waals surface area contributed by atoms with E-state index in [0.717, 1.165) is 92.5 Å². The molecule has 0 spiro atoms. The number of likely N-dealkylation sites (tertiary alicyclic amines) is 3. The largest absolute Gasteiger partial charge is 0.493 e. The van der Waals surface area contributed by atoms with E-state index in [9.17, 15) is 60.0 Å². The molecule has 9 heterocycles. The summed E-state index contributed by atoms with van der Waals surface area (Å²) in [5.74, 6) is 2.48. The van der Waals surface area contributed by atoms with E-state index in [1.54, 1.807) is 111 Å². The van der Waals surface area contributed by atoms with Gasteiger partial charge in [0.15, 0.2) is 0 Å². The number of imide groups is 2. The Morgan fingerprint density at radius 1 is 0.387 bits per heavy atom. The maximum absolute atomic E-state index is 13.0. The summed E-state index contributed by atoms with van der Waals surface area (Å²) in [5.41, 5.74) is 8.09. The first-order valence-electron chi connectivity index (χ1n) is 50.7. The number of sulfonamides is 2. The topological polar surface area (TPSA) is 391 Å². The van der Waals surface area contributed by atoms with Crippen molar-refractivity contribution in [3.63, 3.8) is 0 Å². The number of rotatable bonds is 20. The van der Waals surface area contributed by atoms with Crippen LogP contribution in [0.15, 0.2) is 179 Å². The maximum atomic E-state index is 13.0. The van der Waals surface area contributed by atoms with Gasteiger partial charge in [-0.05, 0) is 321 Å². The summed E-state index contributed by atoms with van der Waals surface area (Å²) in [5, 5.41) is 9.07. The van der Waals surface area contributed by atoms with Gasteiger partial charge in [-0.1, -0.05) is 105 Å². The Bertz CT molecular complexity index is 6350. The highest BCUT2D eigenvalue weighted by molar-refractivity contribution is 9.10. The average Bonchev–Trinajstić information content (AvgIpc) is 1.78. The lowest BCUT2D eigenvalue weighted by Crippen LogP contribution is -2.46. The van der Waals surface area contributed by atoms with Crippen molar-refractivity contribution < 1.29 is 107 Å². The summed E-state index contributed by atoms with van der Waals surface area (Å²) in [6, 6.07) is 53.2. The SMILES string of the molecule is CC(C)(C)OC(=O)N1CC[C@@H](c2ccc(Br)cc2)[C@H](COc2ccc3c(c2)C(=O)N(C(=O)OC(C)(C)C)C3)C1.CC(C)(C)OC(=O)N1CC[C@@H](c2ccc(Br)cc2)[C@H](COc2ccc3c(c2)C(=O)NC3)C1.CC(C)(C)OC(=O)N1CC[C@@H](c2ccc(NS(C)(=O)=O)cc2)[C@H](COc2ccc3c(c2)C(=O)N(C(=O)OC(C)(C)C)C3)C1.CC1CCCO1.CS(=O)(=O)Nc1ccc([C@@H]2CCNC[C@H]2COc2ccc3c(c2)C(=O)NC3)cc1.Cl. The first kappa shape index (κ1) is 117. The quantitative estimate of drug-likeness (QED) is 0.0442. The number of nitrogens with zero attached hydrogens (tertiary/aromatic N) is 5. The molecular formula is C112H143Br2ClN10O23S2. The van der Waals surface area contributed by atoms with E-state index in [1.165, 1.54) is 29.5 Å². The summed E-state index contributed by atoms with van der Waals surface area (Å²) < 4.78 is 110. The molecule has 9 amide bonds. The van der Waals surface area contributed by atoms with Crippen LogP contribution >= 0.6 is 44.3 Å². The first-order chi connectivity index (χ1) is 70.1. The number of carbonyl (C=O) groups is 9. The zero-order chi connectivity index (χ0) is 108. The molecule has 0 aliphatic carbocycles. The van der Waals surface area contributed by atoms with Gasteiger partial charge in [0.25, 0.3) is 23.6 Å². The number of ether oxygens (including phenoxy) is 10. The monoisotopic (exact) mass is 2250 g/mol. The molecule has 1 unspecified atom stereocenters. The predicted octanol–water partition coefficient (Wildman–Crippen LogP) is 20.9. The normalized spacial score (nSPS) is 20.4. The van der Waals surface area contributed by atoms with Crippen LogP contribution in [0.1, 0.15) is 259 Å². The number of amides is 9. The molecule has 0 radical (unpaired) electrons. The van der Waals surface area contributed by atoms with Gasteiger partial charge in [-0.2, -0.15) is 0 Å². The number of nitrogens with one attached hydrogen (secondary N) is 5. The molecule has 150 heavy (non-hydrogen) atoms. The second-order valence-electron chi connectivity index (χ2n) is 44.2. The molecule has 9 aliphatic rings. The van der Waals surface area contributed by atoms with Crippen molar-refractivity contribution in [3.05, 3.63) is 246 Å². The van der Waals surface area contributed by atoms with Gasteiger partial charge in [-0.15, -0.1) is 12.4 Å². The van der Waals surface area contributed by atoms with Gasteiger partial charge < -0.3 is 78.0 Å². The summed E-state index contributed by atoms with van der Waals surface area (Å²) in [4.78, 5) is 121. The fraction of sp³-hybridized carbons (Fsp3) is 0.491. The molecule has 38 heteroatoms. The number of fused-ring (bicyclic) bond motifs is 4. The van der Waals surface area contributed by atoms with Crippen LogP contribution in [0.3, 0.4) is 0 Å². The second kappa shape index (κ2) is 50.2. The lowest BCUT2D eigenvalue weighted by Gasteiger charge is -2.39. The highest BCUT2D eigenvalue weighted by atomic mass is 79.9. The van der Waals surface area contributed by atoms with E-state index in [1.807, 2.05) is 153 Å². The highest BCUT2D eigenvalue weighted by Gasteiger charge is 2.43. The molecule has 17 rings (SSSR count). The number of halogens is 3. The zero-order valence-corrected chi connectivity index (χ0v) is 94.4. The van der Waals surface area contributed by atoms with Crippen LogP contribution < -0.4 is 44.3 Å². The molecule has 5 saturated heterocycles. The van der Waals surface area contributed by atoms with E-state index in [4.69, 9.17) is 47.4 Å². The fourth-order valence-electron chi connectivity index (χ4n) is 19.2.